The highest BCUT2D eigenvalue weighted by molar-refractivity contribution is 5.98. The first-order valence-electron chi connectivity index (χ1n) is 14.0. The van der Waals surface area contributed by atoms with Gasteiger partial charge in [-0.05, 0) is 78.7 Å². The summed E-state index contributed by atoms with van der Waals surface area (Å²) in [5.41, 5.74) is 6.29. The normalized spacial score (nSPS) is 20.9. The fraction of sp³-hybridized carbons (Fsp3) is 0.375. The molecule has 0 bridgehead atoms. The molecule has 2 aliphatic carbocycles. The zero-order chi connectivity index (χ0) is 27.7. The van der Waals surface area contributed by atoms with Crippen LogP contribution in [0.4, 0.5) is 5.69 Å². The number of ketones is 1. The minimum Gasteiger partial charge on any atom is -0.368 e. The average Bonchev–Trinajstić information content (AvgIpc) is 3.68. The van der Waals surface area contributed by atoms with Gasteiger partial charge in [0, 0.05) is 38.0 Å². The van der Waals surface area contributed by atoms with Crippen LogP contribution in [0.2, 0.25) is 0 Å². The van der Waals surface area contributed by atoms with Crippen molar-refractivity contribution in [1.82, 2.24) is 15.2 Å². The Bertz CT molecular complexity index is 1460. The van der Waals surface area contributed by atoms with Crippen molar-refractivity contribution in [2.24, 2.45) is 0 Å². The predicted molar refractivity (Wildman–Crippen MR) is 151 cm³/mol. The van der Waals surface area contributed by atoms with E-state index in [4.69, 9.17) is 4.74 Å². The first-order chi connectivity index (χ1) is 19.5. The molecule has 1 spiro atoms. The number of Topliss-reactive ketones (excluding diaryl/α,β-unsaturated/α-hetero) is 1. The van der Waals surface area contributed by atoms with Gasteiger partial charge in [-0.15, -0.1) is 0 Å². The number of amides is 2. The van der Waals surface area contributed by atoms with E-state index in [9.17, 15) is 14.4 Å². The van der Waals surface area contributed by atoms with Crippen LogP contribution in [0.25, 0.3) is 0 Å². The highest BCUT2D eigenvalue weighted by atomic mass is 16.5. The number of rotatable bonds is 8. The SMILES string of the molecule is CNCc1ccccc1CN(CC(=O)Nc1ccc2c(c1)CC1(C2)C(=O)Cc2ncccc21)C(=O)C1CCCO1. The monoisotopic (exact) mass is 538 g/mol. The molecule has 2 heterocycles. The Morgan fingerprint density at radius 2 is 1.90 bits per heavy atom. The minimum absolute atomic E-state index is 0.0782. The molecule has 206 valence electrons. The second-order valence-corrected chi connectivity index (χ2v) is 11.1. The number of fused-ring (bicyclic) bond motifs is 3. The van der Waals surface area contributed by atoms with Gasteiger partial charge in [0.1, 0.15) is 18.4 Å². The van der Waals surface area contributed by atoms with Gasteiger partial charge in [0.2, 0.25) is 5.91 Å². The van der Waals surface area contributed by atoms with E-state index >= 15 is 0 Å². The first kappa shape index (κ1) is 26.3. The standard InChI is InChI=1S/C32H34N4O4/c1-33-18-22-6-2-3-7-23(22)19-36(31(39)28-9-5-13-40-28)20-30(38)35-25-11-10-21-16-32(17-24(21)14-25)26-8-4-12-34-27(26)15-29(32)37/h2-4,6-8,10-12,14,28,33H,5,9,13,15-20H2,1H3,(H,35,38). The summed E-state index contributed by atoms with van der Waals surface area (Å²) in [6, 6.07) is 17.7. The minimum atomic E-state index is -0.556. The number of nitrogens with zero attached hydrogens (tertiary/aromatic N) is 2. The van der Waals surface area contributed by atoms with E-state index < -0.39 is 11.5 Å². The second-order valence-electron chi connectivity index (χ2n) is 11.1. The molecule has 1 saturated heterocycles. The van der Waals surface area contributed by atoms with E-state index in [-0.39, 0.29) is 24.1 Å². The number of carbonyl (C=O) groups is 3. The summed E-state index contributed by atoms with van der Waals surface area (Å²) in [6.45, 7) is 1.48. The molecular weight excluding hydrogens is 504 g/mol. The van der Waals surface area contributed by atoms with E-state index in [1.54, 1.807) is 11.1 Å². The van der Waals surface area contributed by atoms with Crippen LogP contribution in [-0.2, 0) is 56.9 Å². The van der Waals surface area contributed by atoms with Crippen molar-refractivity contribution in [3.8, 4) is 0 Å². The summed E-state index contributed by atoms with van der Waals surface area (Å²) < 4.78 is 5.67. The van der Waals surface area contributed by atoms with Crippen molar-refractivity contribution in [3.05, 3.63) is 94.3 Å². The number of hydrogen-bond acceptors (Lipinski definition) is 6. The highest BCUT2D eigenvalue weighted by Gasteiger charge is 2.50. The number of hydrogen-bond donors (Lipinski definition) is 2. The van der Waals surface area contributed by atoms with Crippen LogP contribution < -0.4 is 10.6 Å². The Morgan fingerprint density at radius 3 is 2.70 bits per heavy atom. The Hall–Kier alpha value is -3.88. The van der Waals surface area contributed by atoms with E-state index in [1.807, 2.05) is 61.6 Å². The quantitative estimate of drug-likeness (QED) is 0.457. The first-order valence-corrected chi connectivity index (χ1v) is 14.0. The van der Waals surface area contributed by atoms with Crippen LogP contribution in [-0.4, -0.2) is 53.8 Å². The molecule has 8 heteroatoms. The van der Waals surface area contributed by atoms with E-state index in [0.29, 0.717) is 51.1 Å². The summed E-state index contributed by atoms with van der Waals surface area (Å²) in [5.74, 6) is -0.212. The van der Waals surface area contributed by atoms with Gasteiger partial charge in [-0.1, -0.05) is 36.4 Å². The third kappa shape index (κ3) is 4.93. The molecule has 2 unspecified atom stereocenters. The zero-order valence-electron chi connectivity index (χ0n) is 22.7. The summed E-state index contributed by atoms with van der Waals surface area (Å²) in [4.78, 5) is 45.9. The lowest BCUT2D eigenvalue weighted by Crippen LogP contribution is -2.43. The van der Waals surface area contributed by atoms with Gasteiger partial charge >= 0.3 is 0 Å². The van der Waals surface area contributed by atoms with Crippen LogP contribution in [0, 0.1) is 0 Å². The summed E-state index contributed by atoms with van der Waals surface area (Å²) in [7, 11) is 1.89. The number of aromatic nitrogens is 1. The van der Waals surface area contributed by atoms with Gasteiger partial charge in [0.05, 0.1) is 11.1 Å². The van der Waals surface area contributed by atoms with Crippen molar-refractivity contribution >= 4 is 23.3 Å². The van der Waals surface area contributed by atoms with Gasteiger partial charge < -0.3 is 20.3 Å². The number of ether oxygens (including phenoxy) is 1. The third-order valence-corrected chi connectivity index (χ3v) is 8.44. The Balaban J connectivity index is 1.18. The lowest BCUT2D eigenvalue weighted by molar-refractivity contribution is -0.143. The lowest BCUT2D eigenvalue weighted by Gasteiger charge is -2.26. The summed E-state index contributed by atoms with van der Waals surface area (Å²) in [6.07, 6.45) is 4.37. The highest BCUT2D eigenvalue weighted by Crippen LogP contribution is 2.46. The molecular formula is C32H34N4O4. The van der Waals surface area contributed by atoms with Gasteiger partial charge in [-0.25, -0.2) is 0 Å². The number of benzene rings is 2. The van der Waals surface area contributed by atoms with Gasteiger partial charge in [0.15, 0.2) is 0 Å². The van der Waals surface area contributed by atoms with Crippen LogP contribution in [0.15, 0.2) is 60.8 Å². The average molecular weight is 539 g/mol. The molecule has 0 radical (unpaired) electrons. The molecule has 3 aliphatic rings. The van der Waals surface area contributed by atoms with Crippen molar-refractivity contribution in [1.29, 1.82) is 0 Å². The maximum atomic E-state index is 13.4. The molecule has 3 aromatic rings. The van der Waals surface area contributed by atoms with Crippen molar-refractivity contribution in [2.75, 3.05) is 25.5 Å². The fourth-order valence-corrected chi connectivity index (χ4v) is 6.47. The molecule has 2 N–H and O–H groups in total. The molecule has 6 rings (SSSR count). The van der Waals surface area contributed by atoms with Crippen molar-refractivity contribution in [3.63, 3.8) is 0 Å². The molecule has 1 fully saturated rings. The van der Waals surface area contributed by atoms with Crippen LogP contribution in [0.5, 0.6) is 0 Å². The summed E-state index contributed by atoms with van der Waals surface area (Å²) in [5, 5.41) is 6.17. The van der Waals surface area contributed by atoms with Gasteiger partial charge in [-0.3, -0.25) is 19.4 Å². The zero-order valence-corrected chi connectivity index (χ0v) is 22.7. The smallest absolute Gasteiger partial charge is 0.252 e. The van der Waals surface area contributed by atoms with Crippen LogP contribution in [0.1, 0.15) is 46.4 Å². The molecule has 8 nitrogen and oxygen atoms in total. The maximum absolute atomic E-state index is 13.4. The Morgan fingerprint density at radius 1 is 1.07 bits per heavy atom. The predicted octanol–water partition coefficient (Wildman–Crippen LogP) is 3.11. The fourth-order valence-electron chi connectivity index (χ4n) is 6.47. The van der Waals surface area contributed by atoms with Crippen molar-refractivity contribution in [2.45, 2.75) is 56.7 Å². The topological polar surface area (TPSA) is 101 Å². The molecule has 1 aliphatic heterocycles. The Kier molecular flexibility index (Phi) is 7.21. The van der Waals surface area contributed by atoms with E-state index in [2.05, 4.69) is 15.6 Å². The largest absolute Gasteiger partial charge is 0.368 e. The van der Waals surface area contributed by atoms with E-state index in [0.717, 1.165) is 39.9 Å². The molecule has 0 saturated carbocycles. The lowest BCUT2D eigenvalue weighted by atomic mass is 9.78. The van der Waals surface area contributed by atoms with Crippen molar-refractivity contribution < 1.29 is 19.1 Å². The van der Waals surface area contributed by atoms with E-state index in [1.165, 1.54) is 0 Å². The van der Waals surface area contributed by atoms with Gasteiger partial charge in [-0.2, -0.15) is 0 Å². The maximum Gasteiger partial charge on any atom is 0.252 e. The second kappa shape index (κ2) is 10.9. The molecule has 40 heavy (non-hydrogen) atoms. The molecule has 2 amide bonds. The number of pyridine rings is 1. The molecule has 2 aromatic carbocycles. The molecule has 2 atom stereocenters. The number of nitrogens with one attached hydrogen (secondary N) is 2. The van der Waals surface area contributed by atoms with Gasteiger partial charge in [0.25, 0.3) is 5.91 Å². The van der Waals surface area contributed by atoms with Crippen LogP contribution >= 0.6 is 0 Å². The third-order valence-electron chi connectivity index (χ3n) is 8.44. The number of carbonyl (C=O) groups excluding carboxylic acids is 3. The Labute approximate surface area is 234 Å². The number of anilines is 1. The van der Waals surface area contributed by atoms with Crippen LogP contribution in [0.3, 0.4) is 0 Å². The molecule has 1 aromatic heterocycles. The summed E-state index contributed by atoms with van der Waals surface area (Å²) >= 11 is 0.